The topological polar surface area (TPSA) is 35.4 Å². The second-order valence-electron chi connectivity index (χ2n) is 5.11. The molecule has 20 heavy (non-hydrogen) atoms. The van der Waals surface area contributed by atoms with Crippen LogP contribution < -0.4 is 0 Å². The SMILES string of the molecule is C/C(=N/[S+]([O-])C(C)(C)C)c1ccc(SC(F)(F)F)cc1. The molecule has 1 atom stereocenters. The van der Waals surface area contributed by atoms with E-state index in [9.17, 15) is 17.7 Å². The first-order valence-electron chi connectivity index (χ1n) is 5.82. The van der Waals surface area contributed by atoms with E-state index in [2.05, 4.69) is 4.40 Å². The first-order chi connectivity index (χ1) is 8.99. The summed E-state index contributed by atoms with van der Waals surface area (Å²) < 4.78 is 52.1. The number of rotatable bonds is 3. The van der Waals surface area contributed by atoms with Gasteiger partial charge < -0.3 is 4.55 Å². The van der Waals surface area contributed by atoms with Crippen LogP contribution in [0.2, 0.25) is 0 Å². The standard InChI is InChI=1S/C13H16F3NOS2/c1-9(17-20(18)12(2,3)4)10-5-7-11(8-6-10)19-13(14,15)16/h5-8H,1-4H3/b17-9-. The largest absolute Gasteiger partial charge is 0.591 e. The fourth-order valence-corrected chi connectivity index (χ4v) is 2.38. The number of hydrogen-bond acceptors (Lipinski definition) is 3. The first-order valence-corrected chi connectivity index (χ1v) is 7.75. The number of halogens is 3. The molecule has 0 amide bonds. The third kappa shape index (κ3) is 5.76. The first kappa shape index (κ1) is 17.4. The summed E-state index contributed by atoms with van der Waals surface area (Å²) in [6.45, 7) is 7.12. The number of benzene rings is 1. The summed E-state index contributed by atoms with van der Waals surface area (Å²) in [4.78, 5) is 0.117. The molecule has 7 heteroatoms. The lowest BCUT2D eigenvalue weighted by atomic mass is 10.1. The van der Waals surface area contributed by atoms with Crippen LogP contribution in [-0.4, -0.2) is 20.5 Å². The lowest BCUT2D eigenvalue weighted by molar-refractivity contribution is -0.0328. The van der Waals surface area contributed by atoms with Gasteiger partial charge in [0.2, 0.25) is 0 Å². The van der Waals surface area contributed by atoms with Crippen molar-refractivity contribution in [3.63, 3.8) is 0 Å². The molecule has 0 spiro atoms. The van der Waals surface area contributed by atoms with Crippen molar-refractivity contribution >= 4 is 28.8 Å². The van der Waals surface area contributed by atoms with E-state index >= 15 is 0 Å². The molecule has 0 N–H and O–H groups in total. The zero-order valence-electron chi connectivity index (χ0n) is 11.6. The Bertz CT molecular complexity index is 478. The van der Waals surface area contributed by atoms with Crippen LogP contribution in [0.1, 0.15) is 33.3 Å². The maximum atomic E-state index is 12.2. The molecular weight excluding hydrogens is 307 g/mol. The Labute approximate surface area is 124 Å². The molecule has 0 aliphatic heterocycles. The normalized spacial score (nSPS) is 15.3. The molecular formula is C13H16F3NOS2. The smallest absolute Gasteiger partial charge is 0.446 e. The van der Waals surface area contributed by atoms with Gasteiger partial charge in [0.25, 0.3) is 0 Å². The molecule has 0 radical (unpaired) electrons. The van der Waals surface area contributed by atoms with Crippen molar-refractivity contribution in [2.75, 3.05) is 0 Å². The number of nitrogens with zero attached hydrogens (tertiary/aromatic N) is 1. The monoisotopic (exact) mass is 323 g/mol. The highest BCUT2D eigenvalue weighted by Crippen LogP contribution is 2.36. The van der Waals surface area contributed by atoms with Crippen LogP contribution in [0, 0.1) is 0 Å². The maximum Gasteiger partial charge on any atom is 0.446 e. The van der Waals surface area contributed by atoms with Crippen molar-refractivity contribution < 1.29 is 17.7 Å². The van der Waals surface area contributed by atoms with E-state index in [-0.39, 0.29) is 16.7 Å². The number of alkyl halides is 3. The summed E-state index contributed by atoms with van der Waals surface area (Å²) in [5.74, 6) is 0. The second-order valence-corrected chi connectivity index (χ2v) is 8.15. The number of hydrogen-bond donors (Lipinski definition) is 0. The van der Waals surface area contributed by atoms with Gasteiger partial charge in [0, 0.05) is 10.5 Å². The van der Waals surface area contributed by atoms with E-state index in [0.29, 0.717) is 11.3 Å². The zero-order chi connectivity index (χ0) is 15.6. The van der Waals surface area contributed by atoms with Gasteiger partial charge in [0.05, 0.1) is 5.71 Å². The molecule has 1 aromatic rings. The van der Waals surface area contributed by atoms with Crippen molar-refractivity contribution in [1.82, 2.24) is 0 Å². The highest BCUT2D eigenvalue weighted by molar-refractivity contribution is 8.00. The minimum absolute atomic E-state index is 0.117. The lowest BCUT2D eigenvalue weighted by Gasteiger charge is -2.18. The molecule has 112 valence electrons. The fourth-order valence-electron chi connectivity index (χ4n) is 1.21. The summed E-state index contributed by atoms with van der Waals surface area (Å²) in [6.07, 6.45) is 0. The van der Waals surface area contributed by atoms with E-state index in [4.69, 9.17) is 0 Å². The van der Waals surface area contributed by atoms with Crippen molar-refractivity contribution in [2.24, 2.45) is 4.40 Å². The van der Waals surface area contributed by atoms with E-state index in [1.54, 1.807) is 19.1 Å². The van der Waals surface area contributed by atoms with E-state index in [1.807, 2.05) is 20.8 Å². The molecule has 0 fully saturated rings. The molecule has 0 aliphatic rings. The molecule has 0 aromatic heterocycles. The molecule has 1 aromatic carbocycles. The van der Waals surface area contributed by atoms with E-state index in [1.165, 1.54) is 12.1 Å². The van der Waals surface area contributed by atoms with Gasteiger partial charge in [-0.25, -0.2) is 0 Å². The van der Waals surface area contributed by atoms with Crippen molar-refractivity contribution in [3.05, 3.63) is 29.8 Å². The highest BCUT2D eigenvalue weighted by atomic mass is 32.2. The van der Waals surface area contributed by atoms with Gasteiger partial charge in [-0.1, -0.05) is 16.5 Å². The maximum absolute atomic E-state index is 12.2. The van der Waals surface area contributed by atoms with Gasteiger partial charge in [0.1, 0.15) is 16.1 Å². The minimum Gasteiger partial charge on any atom is -0.591 e. The summed E-state index contributed by atoms with van der Waals surface area (Å²) in [6, 6.07) is 5.86. The van der Waals surface area contributed by atoms with Crippen LogP contribution >= 0.6 is 11.8 Å². The quantitative estimate of drug-likeness (QED) is 0.464. The second kappa shape index (κ2) is 6.41. The van der Waals surface area contributed by atoms with Crippen LogP contribution in [0.5, 0.6) is 0 Å². The molecule has 1 rings (SSSR count). The zero-order valence-corrected chi connectivity index (χ0v) is 13.2. The predicted octanol–water partition coefficient (Wildman–Crippen LogP) is 4.57. The Hall–Kier alpha value is -0.660. The van der Waals surface area contributed by atoms with Gasteiger partial charge in [-0.3, -0.25) is 0 Å². The van der Waals surface area contributed by atoms with E-state index < -0.39 is 21.6 Å². The van der Waals surface area contributed by atoms with Crippen LogP contribution in [-0.2, 0) is 11.4 Å². The van der Waals surface area contributed by atoms with E-state index in [0.717, 1.165) is 0 Å². The summed E-state index contributed by atoms with van der Waals surface area (Å²) in [5.41, 5.74) is -3.09. The Morgan fingerprint density at radius 3 is 2.05 bits per heavy atom. The third-order valence-corrected chi connectivity index (χ3v) is 4.48. The lowest BCUT2D eigenvalue weighted by Crippen LogP contribution is -2.26. The third-order valence-electron chi connectivity index (χ3n) is 2.25. The van der Waals surface area contributed by atoms with Crippen molar-refractivity contribution in [1.29, 1.82) is 0 Å². The van der Waals surface area contributed by atoms with Crippen molar-refractivity contribution in [2.45, 2.75) is 42.8 Å². The summed E-state index contributed by atoms with van der Waals surface area (Å²) >= 11 is -1.55. The minimum atomic E-state index is -4.29. The molecule has 2 nitrogen and oxygen atoms in total. The Morgan fingerprint density at radius 1 is 1.15 bits per heavy atom. The van der Waals surface area contributed by atoms with Gasteiger partial charge in [-0.05, 0) is 51.6 Å². The molecule has 0 saturated carbocycles. The molecule has 0 aliphatic carbocycles. The van der Waals surface area contributed by atoms with Crippen molar-refractivity contribution in [3.8, 4) is 0 Å². The molecule has 0 saturated heterocycles. The van der Waals surface area contributed by atoms with Crippen LogP contribution in [0.3, 0.4) is 0 Å². The van der Waals surface area contributed by atoms with Crippen LogP contribution in [0.4, 0.5) is 13.2 Å². The van der Waals surface area contributed by atoms with Crippen LogP contribution in [0.15, 0.2) is 33.6 Å². The number of thioether (sulfide) groups is 1. The van der Waals surface area contributed by atoms with Gasteiger partial charge >= 0.3 is 5.51 Å². The van der Waals surface area contributed by atoms with Gasteiger partial charge in [-0.15, -0.1) is 0 Å². The molecule has 0 bridgehead atoms. The molecule has 1 unspecified atom stereocenters. The molecule has 0 heterocycles. The Morgan fingerprint density at radius 2 is 1.65 bits per heavy atom. The average Bonchev–Trinajstić information content (AvgIpc) is 2.26. The summed E-state index contributed by atoms with van der Waals surface area (Å²) in [5, 5.41) is 0. The Balaban J connectivity index is 2.86. The fraction of sp³-hybridized carbons (Fsp3) is 0.462. The summed E-state index contributed by atoms with van der Waals surface area (Å²) in [7, 11) is 0. The van der Waals surface area contributed by atoms with Crippen LogP contribution in [0.25, 0.3) is 0 Å². The van der Waals surface area contributed by atoms with Gasteiger partial charge in [-0.2, -0.15) is 13.2 Å². The van der Waals surface area contributed by atoms with Gasteiger partial charge in [0.15, 0.2) is 0 Å². The predicted molar refractivity (Wildman–Crippen MR) is 78.5 cm³/mol. The average molecular weight is 323 g/mol. The highest BCUT2D eigenvalue weighted by Gasteiger charge is 2.29. The Kier molecular flexibility index (Phi) is 5.57.